The van der Waals surface area contributed by atoms with Crippen LogP contribution in [0, 0.1) is 0 Å². The van der Waals surface area contributed by atoms with Crippen molar-refractivity contribution in [3.63, 3.8) is 0 Å². The van der Waals surface area contributed by atoms with Gasteiger partial charge >= 0.3 is 6.09 Å². The number of alkyl halides is 1. The summed E-state index contributed by atoms with van der Waals surface area (Å²) in [6, 6.07) is -0.466. The normalized spacial score (nSPS) is 32.7. The predicted octanol–water partition coefficient (Wildman–Crippen LogP) is 3.53. The van der Waals surface area contributed by atoms with Crippen molar-refractivity contribution in [3.05, 3.63) is 0 Å². The second-order valence-corrected chi connectivity index (χ2v) is 8.28. The summed E-state index contributed by atoms with van der Waals surface area (Å²) in [4.78, 5) is 25.2. The van der Waals surface area contributed by atoms with Crippen LogP contribution < -0.4 is 0 Å². The number of carbonyl (C=O) groups excluding carboxylic acids is 2. The van der Waals surface area contributed by atoms with E-state index in [1.165, 1.54) is 6.92 Å². The van der Waals surface area contributed by atoms with E-state index < -0.39 is 23.9 Å². The minimum Gasteiger partial charge on any atom is -0.444 e. The lowest BCUT2D eigenvalue weighted by Gasteiger charge is -2.49. The molecule has 4 atom stereocenters. The van der Waals surface area contributed by atoms with Gasteiger partial charge < -0.3 is 4.74 Å². The molecule has 2 heterocycles. The van der Waals surface area contributed by atoms with Gasteiger partial charge in [0, 0.05) is 18.2 Å². The van der Waals surface area contributed by atoms with Crippen molar-refractivity contribution in [2.24, 2.45) is 0 Å². The molecule has 4 nitrogen and oxygen atoms in total. The largest absolute Gasteiger partial charge is 0.444 e. The Bertz CT molecular complexity index is 424. The molecule has 2 rings (SSSR count). The number of fused-ring (bicyclic) bond motifs is 2. The second kappa shape index (κ2) is 6.15. The molecule has 1 amide bonds. The molecule has 2 bridgehead atoms. The zero-order chi connectivity index (χ0) is 15.8. The number of ether oxygens (including phenoxy) is 1. The summed E-state index contributed by atoms with van der Waals surface area (Å²) in [5, 5.41) is -0.400. The molecular formula is C15H24FNO3S. The van der Waals surface area contributed by atoms with Crippen LogP contribution in [-0.2, 0) is 9.53 Å². The number of thioether (sulfide) groups is 1. The van der Waals surface area contributed by atoms with E-state index in [0.29, 0.717) is 12.8 Å². The van der Waals surface area contributed by atoms with Crippen LogP contribution >= 0.6 is 11.8 Å². The van der Waals surface area contributed by atoms with E-state index in [1.807, 2.05) is 20.8 Å². The summed E-state index contributed by atoms with van der Waals surface area (Å²) in [6.07, 6.45) is 1.37. The van der Waals surface area contributed by atoms with Crippen LogP contribution in [0.5, 0.6) is 0 Å². The molecule has 2 saturated heterocycles. The van der Waals surface area contributed by atoms with Gasteiger partial charge in [-0.3, -0.25) is 9.69 Å². The summed E-state index contributed by atoms with van der Waals surface area (Å²) in [5.74, 6) is 0. The zero-order valence-corrected chi connectivity index (χ0v) is 13.9. The highest BCUT2D eigenvalue weighted by Crippen LogP contribution is 2.41. The van der Waals surface area contributed by atoms with Gasteiger partial charge in [0.2, 0.25) is 0 Å². The molecule has 120 valence electrons. The minimum atomic E-state index is -1.16. The van der Waals surface area contributed by atoms with Crippen molar-refractivity contribution >= 4 is 23.0 Å². The Morgan fingerprint density at radius 2 is 1.95 bits per heavy atom. The van der Waals surface area contributed by atoms with E-state index in [1.54, 1.807) is 4.90 Å². The Labute approximate surface area is 129 Å². The average molecular weight is 317 g/mol. The number of piperidine rings is 2. The fourth-order valence-electron chi connectivity index (χ4n) is 3.23. The number of halogens is 1. The van der Waals surface area contributed by atoms with Gasteiger partial charge in [0.1, 0.15) is 11.8 Å². The molecule has 0 spiro atoms. The molecule has 0 aromatic heterocycles. The number of nitrogens with zero attached hydrogens (tertiary/aromatic N) is 1. The molecular weight excluding hydrogens is 293 g/mol. The molecule has 6 heteroatoms. The standard InChI is InChI=1S/C15H24FNO3S/c1-9(18)21-12-8-10-6-5-7-11(13(12)16)17(10)14(19)20-15(2,3)4/h10-13H,5-8H2,1-4H3/t10-,11+,12-,13+/m1/s1. The number of hydrogen-bond donors (Lipinski definition) is 0. The summed E-state index contributed by atoms with van der Waals surface area (Å²) in [7, 11) is 0. The van der Waals surface area contributed by atoms with Crippen LogP contribution in [0.1, 0.15) is 53.4 Å². The zero-order valence-electron chi connectivity index (χ0n) is 13.1. The van der Waals surface area contributed by atoms with Crippen LogP contribution in [0.15, 0.2) is 0 Å². The van der Waals surface area contributed by atoms with E-state index in [4.69, 9.17) is 4.74 Å². The lowest BCUT2D eigenvalue weighted by atomic mass is 9.83. The van der Waals surface area contributed by atoms with E-state index in [9.17, 15) is 14.0 Å². The van der Waals surface area contributed by atoms with E-state index >= 15 is 0 Å². The maximum absolute atomic E-state index is 14.7. The van der Waals surface area contributed by atoms with Crippen molar-refractivity contribution in [3.8, 4) is 0 Å². The van der Waals surface area contributed by atoms with Crippen LogP contribution in [-0.4, -0.2) is 45.2 Å². The van der Waals surface area contributed by atoms with Crippen LogP contribution in [0.4, 0.5) is 9.18 Å². The molecule has 0 aromatic rings. The highest BCUT2D eigenvalue weighted by Gasteiger charge is 2.49. The smallest absolute Gasteiger partial charge is 0.410 e. The molecule has 0 saturated carbocycles. The van der Waals surface area contributed by atoms with Crippen molar-refractivity contribution in [1.29, 1.82) is 0 Å². The van der Waals surface area contributed by atoms with Gasteiger partial charge in [0.25, 0.3) is 0 Å². The lowest BCUT2D eigenvalue weighted by molar-refractivity contribution is -0.109. The molecule has 0 aliphatic carbocycles. The quantitative estimate of drug-likeness (QED) is 0.742. The van der Waals surface area contributed by atoms with Gasteiger partial charge in [-0.1, -0.05) is 11.8 Å². The first-order valence-electron chi connectivity index (χ1n) is 7.51. The maximum Gasteiger partial charge on any atom is 0.410 e. The van der Waals surface area contributed by atoms with Gasteiger partial charge in [-0.25, -0.2) is 9.18 Å². The van der Waals surface area contributed by atoms with Gasteiger partial charge in [-0.2, -0.15) is 0 Å². The highest BCUT2D eigenvalue weighted by molar-refractivity contribution is 8.14. The fourth-order valence-corrected chi connectivity index (χ4v) is 4.28. The number of amides is 1. The van der Waals surface area contributed by atoms with Crippen molar-refractivity contribution < 1.29 is 18.7 Å². The molecule has 0 N–H and O–H groups in total. The summed E-state index contributed by atoms with van der Waals surface area (Å²) in [6.45, 7) is 6.90. The molecule has 0 unspecified atom stereocenters. The molecule has 2 aliphatic heterocycles. The van der Waals surface area contributed by atoms with Gasteiger partial charge in [-0.05, 0) is 46.5 Å². The third kappa shape index (κ3) is 3.90. The highest BCUT2D eigenvalue weighted by atomic mass is 32.2. The van der Waals surface area contributed by atoms with Crippen LogP contribution in [0.25, 0.3) is 0 Å². The minimum absolute atomic E-state index is 0.0116. The monoisotopic (exact) mass is 317 g/mol. The summed E-state index contributed by atoms with van der Waals surface area (Å²) >= 11 is 1.07. The Kier molecular flexibility index (Phi) is 4.85. The molecule has 21 heavy (non-hydrogen) atoms. The van der Waals surface area contributed by atoms with E-state index in [-0.39, 0.29) is 16.4 Å². The van der Waals surface area contributed by atoms with E-state index in [2.05, 4.69) is 0 Å². The third-order valence-electron chi connectivity index (χ3n) is 3.94. The van der Waals surface area contributed by atoms with Crippen LogP contribution in [0.3, 0.4) is 0 Å². The Morgan fingerprint density at radius 3 is 2.52 bits per heavy atom. The van der Waals surface area contributed by atoms with Crippen molar-refractivity contribution in [1.82, 2.24) is 4.90 Å². The lowest BCUT2D eigenvalue weighted by Crippen LogP contribution is -2.61. The van der Waals surface area contributed by atoms with Crippen LogP contribution in [0.2, 0.25) is 0 Å². The van der Waals surface area contributed by atoms with E-state index in [0.717, 1.165) is 24.6 Å². The molecule has 2 aliphatic rings. The Hall–Kier alpha value is -0.780. The first-order valence-corrected chi connectivity index (χ1v) is 8.39. The number of hydrogen-bond acceptors (Lipinski definition) is 4. The number of rotatable bonds is 1. The average Bonchev–Trinajstić information content (AvgIpc) is 2.32. The topological polar surface area (TPSA) is 46.6 Å². The Balaban J connectivity index is 2.14. The van der Waals surface area contributed by atoms with Gasteiger partial charge in [0.05, 0.1) is 6.04 Å². The molecule has 0 radical (unpaired) electrons. The molecule has 2 fully saturated rings. The summed E-state index contributed by atoms with van der Waals surface area (Å²) < 4.78 is 20.1. The maximum atomic E-state index is 14.7. The molecule has 0 aromatic carbocycles. The number of carbonyl (C=O) groups is 2. The first-order chi connectivity index (χ1) is 9.69. The fraction of sp³-hybridized carbons (Fsp3) is 0.867. The van der Waals surface area contributed by atoms with Crippen molar-refractivity contribution in [2.75, 3.05) is 0 Å². The van der Waals surface area contributed by atoms with Crippen molar-refractivity contribution in [2.45, 2.75) is 82.5 Å². The predicted molar refractivity (Wildman–Crippen MR) is 81.1 cm³/mol. The SMILES string of the molecule is CC(=O)S[C@@H]1C[C@H]2CCC[C@@H]([C@@H]1F)N2C(=O)OC(C)(C)C. The second-order valence-electron chi connectivity index (χ2n) is 6.87. The Morgan fingerprint density at radius 1 is 1.29 bits per heavy atom. The van der Waals surface area contributed by atoms with Gasteiger partial charge in [0.15, 0.2) is 5.12 Å². The summed E-state index contributed by atoms with van der Waals surface area (Å²) in [5.41, 5.74) is -0.581. The first kappa shape index (κ1) is 16.6. The van der Waals surface area contributed by atoms with Gasteiger partial charge in [-0.15, -0.1) is 0 Å². The third-order valence-corrected chi connectivity index (χ3v) is 5.02.